The number of hydrogen-bond acceptors (Lipinski definition) is 0. The maximum absolute atomic E-state index is 2.65. The highest BCUT2D eigenvalue weighted by atomic mass is 14.4. The molecule has 0 aromatic rings. The molecule has 1 saturated carbocycles. The monoisotopic (exact) mass is 348 g/mol. The van der Waals surface area contributed by atoms with Crippen LogP contribution >= 0.6 is 0 Å². The van der Waals surface area contributed by atoms with E-state index in [9.17, 15) is 0 Å². The predicted molar refractivity (Wildman–Crippen MR) is 118 cm³/mol. The zero-order valence-electron chi connectivity index (χ0n) is 18.8. The molecule has 0 aliphatic heterocycles. The van der Waals surface area contributed by atoms with E-state index in [1.54, 1.807) is 0 Å². The summed E-state index contributed by atoms with van der Waals surface area (Å²) in [4.78, 5) is 0. The Balaban J connectivity index is 2.75. The van der Waals surface area contributed by atoms with Gasteiger partial charge in [0.15, 0.2) is 0 Å². The molecule has 0 saturated heterocycles. The molecular weight excluding hydrogens is 299 g/mol. The lowest BCUT2D eigenvalue weighted by molar-refractivity contribution is 0.115. The van der Waals surface area contributed by atoms with Gasteiger partial charge in [-0.1, -0.05) is 123 Å². The smallest absolute Gasteiger partial charge is 0.0654 e. The van der Waals surface area contributed by atoms with Gasteiger partial charge in [-0.3, -0.25) is 0 Å². The minimum absolute atomic E-state index is 0.616. The van der Waals surface area contributed by atoms with Crippen molar-refractivity contribution >= 4 is 7.85 Å². The van der Waals surface area contributed by atoms with Crippen LogP contribution in [0, 0.1) is 17.3 Å². The summed E-state index contributed by atoms with van der Waals surface area (Å²) in [5.41, 5.74) is 0.618. The standard InChI is InChI=1S/C24H49B/c1-6-14-21(9-4)24(25)19-12-10-17-23(5,18-11-13-20-24)22(15-7-2)16-8-3/h21-22H,6-20,25H2,1-5H3. The molecule has 1 heteroatoms. The Morgan fingerprint density at radius 2 is 1.08 bits per heavy atom. The third-order valence-electron chi connectivity index (χ3n) is 7.87. The molecule has 0 radical (unpaired) electrons. The highest BCUT2D eigenvalue weighted by Gasteiger charge is 2.35. The largest absolute Gasteiger partial charge is 0.109 e. The van der Waals surface area contributed by atoms with Gasteiger partial charge in [-0.2, -0.15) is 0 Å². The van der Waals surface area contributed by atoms with Gasteiger partial charge in [-0.15, -0.1) is 0 Å². The Hall–Kier alpha value is 0.0649. The quantitative estimate of drug-likeness (QED) is 0.371. The summed E-state index contributed by atoms with van der Waals surface area (Å²) in [6.07, 6.45) is 21.6. The van der Waals surface area contributed by atoms with E-state index in [1.165, 1.54) is 96.3 Å². The van der Waals surface area contributed by atoms with Crippen molar-refractivity contribution < 1.29 is 0 Å². The normalized spacial score (nSPS) is 30.3. The average molecular weight is 348 g/mol. The fourth-order valence-electron chi connectivity index (χ4n) is 6.11. The van der Waals surface area contributed by atoms with Crippen LogP contribution in [0.2, 0.25) is 5.31 Å². The SMILES string of the molecule is BC1(C(CC)CCC)CCCCC(C)(C(CCC)CCC)CCCC1. The molecule has 1 atom stereocenters. The zero-order chi connectivity index (χ0) is 18.8. The Labute approximate surface area is 161 Å². The van der Waals surface area contributed by atoms with Crippen LogP contribution in [0.5, 0.6) is 0 Å². The maximum atomic E-state index is 2.65. The van der Waals surface area contributed by atoms with Gasteiger partial charge < -0.3 is 0 Å². The van der Waals surface area contributed by atoms with Crippen molar-refractivity contribution in [2.45, 2.75) is 136 Å². The third kappa shape index (κ3) is 6.95. The van der Waals surface area contributed by atoms with E-state index in [1.807, 2.05) is 0 Å². The molecule has 0 heterocycles. The molecule has 0 nitrogen and oxygen atoms in total. The number of rotatable bonds is 9. The van der Waals surface area contributed by atoms with E-state index in [4.69, 9.17) is 0 Å². The van der Waals surface area contributed by atoms with Crippen LogP contribution in [-0.2, 0) is 0 Å². The summed E-state index contributed by atoms with van der Waals surface area (Å²) in [6, 6.07) is 0. The molecule has 148 valence electrons. The van der Waals surface area contributed by atoms with E-state index >= 15 is 0 Å². The van der Waals surface area contributed by atoms with Crippen molar-refractivity contribution in [3.05, 3.63) is 0 Å². The van der Waals surface area contributed by atoms with Crippen LogP contribution in [-0.4, -0.2) is 7.85 Å². The average Bonchev–Trinajstić information content (AvgIpc) is 2.60. The highest BCUT2D eigenvalue weighted by molar-refractivity contribution is 6.15. The molecule has 1 aliphatic carbocycles. The summed E-state index contributed by atoms with van der Waals surface area (Å²) >= 11 is 0. The second kappa shape index (κ2) is 11.7. The van der Waals surface area contributed by atoms with Crippen LogP contribution in [0.25, 0.3) is 0 Å². The van der Waals surface area contributed by atoms with Gasteiger partial charge in [0.25, 0.3) is 0 Å². The van der Waals surface area contributed by atoms with Gasteiger partial charge in [0.2, 0.25) is 0 Å². The molecule has 0 bridgehead atoms. The minimum Gasteiger partial charge on any atom is -0.0654 e. The topological polar surface area (TPSA) is 0 Å². The second-order valence-electron chi connectivity index (χ2n) is 9.89. The van der Waals surface area contributed by atoms with Gasteiger partial charge in [-0.05, 0) is 30.1 Å². The van der Waals surface area contributed by atoms with Crippen LogP contribution < -0.4 is 0 Å². The first-order valence-electron chi connectivity index (χ1n) is 12.0. The Kier molecular flexibility index (Phi) is 10.8. The van der Waals surface area contributed by atoms with Crippen LogP contribution in [0.1, 0.15) is 131 Å². The summed E-state index contributed by atoms with van der Waals surface area (Å²) in [5.74, 6) is 1.92. The molecule has 1 aliphatic rings. The third-order valence-corrected chi connectivity index (χ3v) is 7.87. The van der Waals surface area contributed by atoms with Crippen molar-refractivity contribution in [1.29, 1.82) is 0 Å². The van der Waals surface area contributed by atoms with Crippen molar-refractivity contribution in [3.8, 4) is 0 Å². The lowest BCUT2D eigenvalue weighted by atomic mass is 9.53. The van der Waals surface area contributed by atoms with E-state index in [2.05, 4.69) is 42.5 Å². The van der Waals surface area contributed by atoms with Crippen LogP contribution in [0.4, 0.5) is 0 Å². The Morgan fingerprint density at radius 1 is 0.680 bits per heavy atom. The molecule has 0 spiro atoms. The first-order valence-corrected chi connectivity index (χ1v) is 12.0. The summed E-state index contributed by atoms with van der Waals surface area (Å²) in [5, 5.41) is 0.616. The first-order chi connectivity index (χ1) is 12.0. The van der Waals surface area contributed by atoms with E-state index in [0.29, 0.717) is 10.7 Å². The molecule has 1 rings (SSSR count). The lowest BCUT2D eigenvalue weighted by Gasteiger charge is -2.42. The predicted octanol–water partition coefficient (Wildman–Crippen LogP) is 7.96. The summed E-state index contributed by atoms with van der Waals surface area (Å²) < 4.78 is 0. The van der Waals surface area contributed by atoms with Crippen molar-refractivity contribution in [3.63, 3.8) is 0 Å². The van der Waals surface area contributed by atoms with Gasteiger partial charge >= 0.3 is 0 Å². The van der Waals surface area contributed by atoms with Crippen molar-refractivity contribution in [2.24, 2.45) is 17.3 Å². The highest BCUT2D eigenvalue weighted by Crippen LogP contribution is 2.50. The maximum Gasteiger partial charge on any atom is 0.109 e. The molecule has 1 fully saturated rings. The van der Waals surface area contributed by atoms with E-state index < -0.39 is 0 Å². The van der Waals surface area contributed by atoms with Crippen LogP contribution in [0.3, 0.4) is 0 Å². The molecule has 0 N–H and O–H groups in total. The van der Waals surface area contributed by atoms with Crippen molar-refractivity contribution in [1.82, 2.24) is 0 Å². The van der Waals surface area contributed by atoms with Crippen molar-refractivity contribution in [2.75, 3.05) is 0 Å². The Bertz CT molecular complexity index is 317. The van der Waals surface area contributed by atoms with Gasteiger partial charge in [0.05, 0.1) is 0 Å². The summed E-state index contributed by atoms with van der Waals surface area (Å²) in [6.45, 7) is 12.2. The van der Waals surface area contributed by atoms with Gasteiger partial charge in [0, 0.05) is 0 Å². The molecule has 1 unspecified atom stereocenters. The summed E-state index contributed by atoms with van der Waals surface area (Å²) in [7, 11) is 2.63. The minimum atomic E-state index is 0.616. The first kappa shape index (κ1) is 23.1. The molecule has 0 aromatic carbocycles. The fourth-order valence-corrected chi connectivity index (χ4v) is 6.11. The molecule has 0 amide bonds. The van der Waals surface area contributed by atoms with Gasteiger partial charge in [0.1, 0.15) is 7.85 Å². The fraction of sp³-hybridized carbons (Fsp3) is 1.00. The van der Waals surface area contributed by atoms with E-state index in [-0.39, 0.29) is 0 Å². The molecular formula is C24H49B. The second-order valence-corrected chi connectivity index (χ2v) is 9.89. The molecule has 0 aromatic heterocycles. The lowest BCUT2D eigenvalue weighted by Crippen LogP contribution is -2.30. The van der Waals surface area contributed by atoms with E-state index in [0.717, 1.165) is 11.8 Å². The van der Waals surface area contributed by atoms with Gasteiger partial charge in [-0.25, -0.2) is 0 Å². The molecule has 25 heavy (non-hydrogen) atoms. The van der Waals surface area contributed by atoms with Crippen LogP contribution in [0.15, 0.2) is 0 Å². The number of hydrogen-bond donors (Lipinski definition) is 0. The zero-order valence-corrected chi connectivity index (χ0v) is 18.8. The Morgan fingerprint density at radius 3 is 1.48 bits per heavy atom.